The molecule has 4 aliphatic rings. The van der Waals surface area contributed by atoms with Crippen LogP contribution < -0.4 is 0 Å². The van der Waals surface area contributed by atoms with Gasteiger partial charge < -0.3 is 14.9 Å². The predicted molar refractivity (Wildman–Crippen MR) is 114 cm³/mol. The lowest BCUT2D eigenvalue weighted by Crippen LogP contribution is -2.46. The Balaban J connectivity index is 1.76. The molecule has 1 spiro atoms. The predicted octanol–water partition coefficient (Wildman–Crippen LogP) is 4.29. The van der Waals surface area contributed by atoms with E-state index in [1.807, 2.05) is 0 Å². The highest BCUT2D eigenvalue weighted by molar-refractivity contribution is 5.98. The quantitative estimate of drug-likeness (QED) is 0.656. The van der Waals surface area contributed by atoms with E-state index in [9.17, 15) is 19.8 Å². The molecule has 0 bridgehead atoms. The molecule has 3 fully saturated rings. The molecular weight excluding hydrogens is 380 g/mol. The number of carbonyl (C=O) groups is 2. The lowest BCUT2D eigenvalue weighted by Gasteiger charge is -2.45. The fourth-order valence-electron chi connectivity index (χ4n) is 7.35. The highest BCUT2D eigenvalue weighted by Crippen LogP contribution is 2.64. The van der Waals surface area contributed by atoms with Gasteiger partial charge in [0.2, 0.25) is 0 Å². The monoisotopic (exact) mass is 416 g/mol. The Hall–Kier alpha value is -1.46. The largest absolute Gasteiger partial charge is 0.478 e. The Morgan fingerprint density at radius 3 is 2.60 bits per heavy atom. The average Bonchev–Trinajstić information content (AvgIpc) is 3.11. The van der Waals surface area contributed by atoms with Gasteiger partial charge in [-0.3, -0.25) is 4.79 Å². The van der Waals surface area contributed by atoms with E-state index in [-0.39, 0.29) is 46.7 Å². The molecule has 0 aromatic carbocycles. The van der Waals surface area contributed by atoms with Gasteiger partial charge in [-0.25, -0.2) is 4.79 Å². The number of rotatable bonds is 2. The lowest BCUT2D eigenvalue weighted by molar-refractivity contribution is -0.135. The van der Waals surface area contributed by atoms with Crippen molar-refractivity contribution in [1.82, 2.24) is 0 Å². The summed E-state index contributed by atoms with van der Waals surface area (Å²) in [7, 11) is 0. The molecule has 3 aliphatic carbocycles. The summed E-state index contributed by atoms with van der Waals surface area (Å²) in [6.45, 7) is 10.4. The van der Waals surface area contributed by atoms with Crippen LogP contribution in [-0.2, 0) is 14.3 Å². The van der Waals surface area contributed by atoms with Crippen molar-refractivity contribution < 1.29 is 24.5 Å². The first-order chi connectivity index (χ1) is 13.9. The molecule has 166 valence electrons. The molecule has 0 radical (unpaired) electrons. The van der Waals surface area contributed by atoms with Gasteiger partial charge in [-0.1, -0.05) is 31.6 Å². The molecule has 0 amide bonds. The van der Waals surface area contributed by atoms with Crippen LogP contribution in [0.5, 0.6) is 0 Å². The molecule has 2 saturated carbocycles. The second kappa shape index (κ2) is 7.03. The number of carboxylic acid groups (broad SMARTS) is 1. The third-order valence-corrected chi connectivity index (χ3v) is 8.75. The van der Waals surface area contributed by atoms with E-state index in [0.29, 0.717) is 18.8 Å². The van der Waals surface area contributed by atoms with Crippen molar-refractivity contribution in [3.8, 4) is 0 Å². The second-order valence-corrected chi connectivity index (χ2v) is 11.2. The van der Waals surface area contributed by atoms with Gasteiger partial charge >= 0.3 is 5.97 Å². The minimum Gasteiger partial charge on any atom is -0.478 e. The molecule has 0 aromatic heterocycles. The zero-order chi connectivity index (χ0) is 22.1. The van der Waals surface area contributed by atoms with Gasteiger partial charge in [0, 0.05) is 17.9 Å². The van der Waals surface area contributed by atoms with E-state index in [2.05, 4.69) is 33.8 Å². The van der Waals surface area contributed by atoms with Crippen molar-refractivity contribution >= 4 is 11.8 Å². The summed E-state index contributed by atoms with van der Waals surface area (Å²) in [5.74, 6) is -1.67. The number of ether oxygens (including phenoxy) is 1. The molecule has 30 heavy (non-hydrogen) atoms. The number of ketones is 1. The lowest BCUT2D eigenvalue weighted by atomic mass is 9.62. The Morgan fingerprint density at radius 2 is 1.97 bits per heavy atom. The summed E-state index contributed by atoms with van der Waals surface area (Å²) >= 11 is 0. The van der Waals surface area contributed by atoms with Crippen molar-refractivity contribution in [3.05, 3.63) is 23.3 Å². The molecular formula is C25H36O5. The van der Waals surface area contributed by atoms with Crippen LogP contribution in [0, 0.1) is 29.1 Å². The van der Waals surface area contributed by atoms with Crippen molar-refractivity contribution in [2.24, 2.45) is 29.1 Å². The zero-order valence-corrected chi connectivity index (χ0v) is 18.9. The first kappa shape index (κ1) is 21.8. The standard InChI is InChI=1S/C25H36O5/c1-14(2)10-16-11-15(3)25(30-16)9-8-23(4)12-18-21(19(26)13-24(18,5)29)17(22(27)28)6-7-20(23)25/h6,10,15-16,18,20-21,29H,7-9,11-13H2,1-5H3,(H,27,28)/t15-,16-,18-,20+,21-,23+,24+,25-/m0/s1. The van der Waals surface area contributed by atoms with Crippen LogP contribution in [0.25, 0.3) is 0 Å². The minimum absolute atomic E-state index is 0.0361. The molecule has 5 heteroatoms. The molecule has 0 aromatic rings. The summed E-state index contributed by atoms with van der Waals surface area (Å²) in [6, 6.07) is 0. The summed E-state index contributed by atoms with van der Waals surface area (Å²) < 4.78 is 6.76. The first-order valence-corrected chi connectivity index (χ1v) is 11.4. The number of hydrogen-bond donors (Lipinski definition) is 2. The zero-order valence-electron chi connectivity index (χ0n) is 18.9. The van der Waals surface area contributed by atoms with E-state index in [0.717, 1.165) is 19.3 Å². The van der Waals surface area contributed by atoms with Gasteiger partial charge in [0.1, 0.15) is 5.78 Å². The van der Waals surface area contributed by atoms with Crippen LogP contribution in [0.4, 0.5) is 0 Å². The van der Waals surface area contributed by atoms with E-state index in [1.165, 1.54) is 5.57 Å². The molecule has 1 heterocycles. The number of Topliss-reactive ketones (excluding diaryl/α,β-unsaturated/α-hetero) is 1. The highest BCUT2D eigenvalue weighted by Gasteiger charge is 2.64. The molecule has 0 unspecified atom stereocenters. The van der Waals surface area contributed by atoms with Crippen molar-refractivity contribution in [3.63, 3.8) is 0 Å². The van der Waals surface area contributed by atoms with Crippen molar-refractivity contribution in [2.75, 3.05) is 0 Å². The van der Waals surface area contributed by atoms with Crippen LogP contribution >= 0.6 is 0 Å². The van der Waals surface area contributed by atoms with E-state index in [4.69, 9.17) is 4.74 Å². The molecule has 8 atom stereocenters. The summed E-state index contributed by atoms with van der Waals surface area (Å²) in [5.41, 5.74) is -0.0969. The molecule has 2 N–H and O–H groups in total. The maximum Gasteiger partial charge on any atom is 0.331 e. The van der Waals surface area contributed by atoms with Crippen LogP contribution in [0.3, 0.4) is 0 Å². The minimum atomic E-state index is -1.16. The Bertz CT molecular complexity index is 819. The van der Waals surface area contributed by atoms with Crippen LogP contribution in [0.15, 0.2) is 23.3 Å². The van der Waals surface area contributed by atoms with Crippen LogP contribution in [0.1, 0.15) is 73.1 Å². The normalized spacial score (nSPS) is 48.0. The third kappa shape index (κ3) is 3.20. The Morgan fingerprint density at radius 1 is 1.27 bits per heavy atom. The highest BCUT2D eigenvalue weighted by atomic mass is 16.5. The number of fused-ring (bicyclic) bond motifs is 3. The van der Waals surface area contributed by atoms with Gasteiger partial charge in [-0.2, -0.15) is 0 Å². The first-order valence-electron chi connectivity index (χ1n) is 11.4. The Kier molecular flexibility index (Phi) is 5.10. The maximum absolute atomic E-state index is 12.8. The number of carbonyl (C=O) groups excluding carboxylic acids is 1. The van der Waals surface area contributed by atoms with Crippen molar-refractivity contribution in [1.29, 1.82) is 0 Å². The van der Waals surface area contributed by atoms with E-state index < -0.39 is 17.5 Å². The van der Waals surface area contributed by atoms with Crippen LogP contribution in [0.2, 0.25) is 0 Å². The summed E-state index contributed by atoms with van der Waals surface area (Å²) in [5, 5.41) is 21.0. The fraction of sp³-hybridized carbons (Fsp3) is 0.760. The number of aliphatic hydroxyl groups is 1. The van der Waals surface area contributed by atoms with Gasteiger partial charge in [0.25, 0.3) is 0 Å². The smallest absolute Gasteiger partial charge is 0.331 e. The number of aliphatic carboxylic acids is 1. The molecule has 4 rings (SSSR count). The number of hydrogen-bond acceptors (Lipinski definition) is 4. The summed E-state index contributed by atoms with van der Waals surface area (Å²) in [6.07, 6.45) is 8.32. The van der Waals surface area contributed by atoms with Gasteiger partial charge in [-0.15, -0.1) is 0 Å². The van der Waals surface area contributed by atoms with Gasteiger partial charge in [-0.05, 0) is 70.1 Å². The van der Waals surface area contributed by atoms with Gasteiger partial charge in [0.05, 0.1) is 23.2 Å². The van der Waals surface area contributed by atoms with Gasteiger partial charge in [0.15, 0.2) is 0 Å². The summed E-state index contributed by atoms with van der Waals surface area (Å²) in [4.78, 5) is 24.9. The van der Waals surface area contributed by atoms with E-state index in [1.54, 1.807) is 13.0 Å². The third-order valence-electron chi connectivity index (χ3n) is 8.75. The maximum atomic E-state index is 12.8. The van der Waals surface area contributed by atoms with E-state index >= 15 is 0 Å². The molecule has 1 aliphatic heterocycles. The topological polar surface area (TPSA) is 83.8 Å². The molecule has 5 nitrogen and oxygen atoms in total. The second-order valence-electron chi connectivity index (χ2n) is 11.2. The van der Waals surface area contributed by atoms with Crippen molar-refractivity contribution in [2.45, 2.75) is 90.4 Å². The average molecular weight is 417 g/mol. The fourth-order valence-corrected chi connectivity index (χ4v) is 7.35. The van der Waals surface area contributed by atoms with Crippen LogP contribution in [-0.4, -0.2) is 39.3 Å². The SMILES string of the molecule is CC(C)=C[C@H]1C[C@H](C)[C@]2(CC[C@]3(C)C[C@H]4[C@@H](C(=O)C[C@@]4(C)O)C(C(=O)O)=CC[C@H]32)O1. The molecule has 1 saturated heterocycles. The Labute approximate surface area is 179 Å². The number of allylic oxidation sites excluding steroid dienone is 2. The number of carboxylic acids is 1.